The molecule has 3 heteroatoms. The Morgan fingerprint density at radius 3 is 3.00 bits per heavy atom. The third-order valence-electron chi connectivity index (χ3n) is 4.34. The van der Waals surface area contributed by atoms with Crippen molar-refractivity contribution < 1.29 is 4.79 Å². The van der Waals surface area contributed by atoms with Gasteiger partial charge in [0, 0.05) is 47.5 Å². The summed E-state index contributed by atoms with van der Waals surface area (Å²) in [5.41, 5.74) is 3.69. The molecule has 102 valence electrons. The van der Waals surface area contributed by atoms with Crippen LogP contribution in [0.25, 0.3) is 0 Å². The second-order valence-corrected chi connectivity index (χ2v) is 6.78. The lowest BCUT2D eigenvalue weighted by Gasteiger charge is -2.11. The van der Waals surface area contributed by atoms with Gasteiger partial charge in [-0.2, -0.15) is 0 Å². The molecule has 0 saturated carbocycles. The van der Waals surface area contributed by atoms with E-state index in [1.165, 1.54) is 16.0 Å². The van der Waals surface area contributed by atoms with Crippen LogP contribution in [0.3, 0.4) is 0 Å². The van der Waals surface area contributed by atoms with Gasteiger partial charge in [0.1, 0.15) is 0 Å². The predicted octanol–water partition coefficient (Wildman–Crippen LogP) is 3.90. The van der Waals surface area contributed by atoms with Crippen LogP contribution in [0.2, 0.25) is 0 Å². The summed E-state index contributed by atoms with van der Waals surface area (Å²) in [6.07, 6.45) is 7.06. The first-order chi connectivity index (χ1) is 9.81. The van der Waals surface area contributed by atoms with Crippen LogP contribution >= 0.6 is 11.8 Å². The fraction of sp³-hybridized carbons (Fsp3) is 0.353. The average molecular weight is 283 g/mol. The fourth-order valence-corrected chi connectivity index (χ4v) is 4.56. The van der Waals surface area contributed by atoms with Gasteiger partial charge in [0.15, 0.2) is 5.78 Å². The van der Waals surface area contributed by atoms with Crippen molar-refractivity contribution in [3.8, 4) is 0 Å². The minimum absolute atomic E-state index is 0.325. The molecule has 2 nitrogen and oxygen atoms in total. The number of thioether (sulfide) groups is 1. The first-order valence-corrected chi connectivity index (χ1v) is 8.23. The monoisotopic (exact) mass is 283 g/mol. The van der Waals surface area contributed by atoms with Gasteiger partial charge in [-0.3, -0.25) is 4.79 Å². The van der Waals surface area contributed by atoms with Crippen molar-refractivity contribution in [1.29, 1.82) is 0 Å². The van der Waals surface area contributed by atoms with E-state index in [4.69, 9.17) is 0 Å². The van der Waals surface area contributed by atoms with Crippen LogP contribution in [0.5, 0.6) is 0 Å². The molecule has 20 heavy (non-hydrogen) atoms. The summed E-state index contributed by atoms with van der Waals surface area (Å²) >= 11 is 1.95. The molecule has 0 bridgehead atoms. The minimum Gasteiger partial charge on any atom is -0.353 e. The zero-order valence-corrected chi connectivity index (χ0v) is 12.2. The number of fused-ring (bicyclic) bond motifs is 2. The van der Waals surface area contributed by atoms with Crippen molar-refractivity contribution in [1.82, 2.24) is 4.57 Å². The lowest BCUT2D eigenvalue weighted by molar-refractivity contribution is 0.0973. The van der Waals surface area contributed by atoms with Crippen LogP contribution in [0, 0.1) is 0 Å². The van der Waals surface area contributed by atoms with Gasteiger partial charge in [0.2, 0.25) is 0 Å². The van der Waals surface area contributed by atoms with Crippen molar-refractivity contribution >= 4 is 17.5 Å². The summed E-state index contributed by atoms with van der Waals surface area (Å²) in [5.74, 6) is 2.04. The molecule has 0 radical (unpaired) electrons. The largest absolute Gasteiger partial charge is 0.353 e. The van der Waals surface area contributed by atoms with E-state index in [1.807, 2.05) is 11.8 Å². The summed E-state index contributed by atoms with van der Waals surface area (Å²) < 4.78 is 2.24. The van der Waals surface area contributed by atoms with E-state index < -0.39 is 0 Å². The van der Waals surface area contributed by atoms with Crippen molar-refractivity contribution in [3.63, 3.8) is 0 Å². The smallest absolute Gasteiger partial charge is 0.164 e. The van der Waals surface area contributed by atoms with Gasteiger partial charge in [-0.15, -0.1) is 11.8 Å². The number of nitrogens with zero attached hydrogens (tertiary/aromatic N) is 1. The number of hydrogen-bond donors (Lipinski definition) is 0. The highest BCUT2D eigenvalue weighted by Gasteiger charge is 2.24. The Balaban J connectivity index is 1.60. The van der Waals surface area contributed by atoms with Crippen LogP contribution in [0.4, 0.5) is 0 Å². The summed E-state index contributed by atoms with van der Waals surface area (Å²) in [6, 6.07) is 8.70. The number of benzene rings is 1. The second kappa shape index (κ2) is 4.81. The normalized spacial score (nSPS) is 20.8. The van der Waals surface area contributed by atoms with E-state index >= 15 is 0 Å². The molecular formula is C17H17NOS. The van der Waals surface area contributed by atoms with Gasteiger partial charge in [-0.05, 0) is 30.0 Å². The number of Topliss-reactive ketones (excluding diaryl/α,β-unsaturated/α-hetero) is 1. The third kappa shape index (κ3) is 2.01. The van der Waals surface area contributed by atoms with Gasteiger partial charge in [0.05, 0.1) is 0 Å². The number of rotatable bonds is 2. The molecule has 1 atom stereocenters. The molecule has 4 rings (SSSR count). The lowest BCUT2D eigenvalue weighted by Crippen LogP contribution is -2.08. The highest BCUT2D eigenvalue weighted by Crippen LogP contribution is 2.40. The SMILES string of the molecule is O=C1CCCc2cn(CC3CSc4ccccc43)cc21. The molecule has 2 heterocycles. The molecule has 1 aliphatic carbocycles. The van der Waals surface area contributed by atoms with E-state index in [0.717, 1.165) is 37.1 Å². The Labute approximate surface area is 123 Å². The molecule has 1 aromatic heterocycles. The summed E-state index contributed by atoms with van der Waals surface area (Å²) in [6.45, 7) is 0.990. The molecule has 1 aliphatic heterocycles. The molecule has 1 unspecified atom stereocenters. The quantitative estimate of drug-likeness (QED) is 0.834. The number of ketones is 1. The van der Waals surface area contributed by atoms with E-state index in [9.17, 15) is 4.79 Å². The molecule has 0 N–H and O–H groups in total. The maximum Gasteiger partial charge on any atom is 0.164 e. The minimum atomic E-state index is 0.325. The second-order valence-electron chi connectivity index (χ2n) is 5.72. The standard InChI is InChI=1S/C17H17NOS/c19-16-6-3-4-12-8-18(10-15(12)16)9-13-11-20-17-7-2-1-5-14(13)17/h1-2,5,7-8,10,13H,3-4,6,9,11H2. The highest BCUT2D eigenvalue weighted by atomic mass is 32.2. The van der Waals surface area contributed by atoms with Crippen molar-refractivity contribution in [2.24, 2.45) is 0 Å². The Bertz CT molecular complexity index is 673. The van der Waals surface area contributed by atoms with Crippen molar-refractivity contribution in [3.05, 3.63) is 53.3 Å². The number of aryl methyl sites for hydroxylation is 1. The van der Waals surface area contributed by atoms with E-state index in [0.29, 0.717) is 11.7 Å². The molecule has 0 spiro atoms. The summed E-state index contributed by atoms with van der Waals surface area (Å²) in [5, 5.41) is 0. The maximum atomic E-state index is 11.9. The van der Waals surface area contributed by atoms with Gasteiger partial charge < -0.3 is 4.57 Å². The molecule has 0 amide bonds. The molecule has 1 aromatic carbocycles. The average Bonchev–Trinajstić information content (AvgIpc) is 3.05. The van der Waals surface area contributed by atoms with Crippen LogP contribution in [0.15, 0.2) is 41.6 Å². The zero-order valence-electron chi connectivity index (χ0n) is 11.3. The molecule has 0 fully saturated rings. The fourth-order valence-electron chi connectivity index (χ4n) is 3.32. The number of carbonyl (C=O) groups is 1. The molecule has 2 aliphatic rings. The van der Waals surface area contributed by atoms with Gasteiger partial charge in [-0.1, -0.05) is 18.2 Å². The van der Waals surface area contributed by atoms with Crippen molar-refractivity contribution in [2.45, 2.75) is 36.6 Å². The van der Waals surface area contributed by atoms with E-state index in [2.05, 4.69) is 41.2 Å². The first-order valence-electron chi connectivity index (χ1n) is 7.25. The Kier molecular flexibility index (Phi) is 2.95. The number of carbonyl (C=O) groups excluding carboxylic acids is 1. The van der Waals surface area contributed by atoms with E-state index in [-0.39, 0.29) is 0 Å². The Morgan fingerprint density at radius 2 is 2.10 bits per heavy atom. The van der Waals surface area contributed by atoms with Crippen molar-refractivity contribution in [2.75, 3.05) is 5.75 Å². The Hall–Kier alpha value is -1.48. The van der Waals surface area contributed by atoms with Crippen LogP contribution in [-0.2, 0) is 13.0 Å². The van der Waals surface area contributed by atoms with E-state index in [1.54, 1.807) is 0 Å². The maximum absolute atomic E-state index is 11.9. The summed E-state index contributed by atoms with van der Waals surface area (Å²) in [4.78, 5) is 13.3. The molecule has 0 saturated heterocycles. The number of aromatic nitrogens is 1. The highest BCUT2D eigenvalue weighted by molar-refractivity contribution is 7.99. The topological polar surface area (TPSA) is 22.0 Å². The number of hydrogen-bond acceptors (Lipinski definition) is 2. The molecular weight excluding hydrogens is 266 g/mol. The van der Waals surface area contributed by atoms with Crippen LogP contribution in [-0.4, -0.2) is 16.1 Å². The Morgan fingerprint density at radius 1 is 1.20 bits per heavy atom. The molecule has 2 aromatic rings. The van der Waals surface area contributed by atoms with Gasteiger partial charge >= 0.3 is 0 Å². The third-order valence-corrected chi connectivity index (χ3v) is 5.59. The lowest BCUT2D eigenvalue weighted by atomic mass is 9.95. The van der Waals surface area contributed by atoms with Crippen LogP contribution < -0.4 is 0 Å². The zero-order chi connectivity index (χ0) is 13.5. The first kappa shape index (κ1) is 12.3. The summed E-state index contributed by atoms with van der Waals surface area (Å²) in [7, 11) is 0. The van der Waals surface area contributed by atoms with Crippen LogP contribution in [0.1, 0.15) is 40.2 Å². The van der Waals surface area contributed by atoms with Gasteiger partial charge in [-0.25, -0.2) is 0 Å². The predicted molar refractivity (Wildman–Crippen MR) is 81.6 cm³/mol. The van der Waals surface area contributed by atoms with Gasteiger partial charge in [0.25, 0.3) is 0 Å².